The maximum atomic E-state index is 10.9. The molecular weight excluding hydrogens is 246 g/mol. The molecule has 0 unspecified atom stereocenters. The zero-order valence-electron chi connectivity index (χ0n) is 10.8. The molecule has 0 saturated heterocycles. The van der Waals surface area contributed by atoms with Crippen LogP contribution in [0.15, 0.2) is 18.3 Å². The summed E-state index contributed by atoms with van der Waals surface area (Å²) < 4.78 is 1.74. The Kier molecular flexibility index (Phi) is 3.74. The van der Waals surface area contributed by atoms with Crippen molar-refractivity contribution in [3.8, 4) is 0 Å². The highest BCUT2D eigenvalue weighted by atomic mass is 16.4. The first kappa shape index (κ1) is 13.0. The fourth-order valence-electron chi connectivity index (χ4n) is 1.66. The van der Waals surface area contributed by atoms with Crippen LogP contribution >= 0.6 is 0 Å². The number of nitrogens with one attached hydrogen (secondary N) is 1. The summed E-state index contributed by atoms with van der Waals surface area (Å²) in [7, 11) is 1.86. The third kappa shape index (κ3) is 3.51. The van der Waals surface area contributed by atoms with Crippen molar-refractivity contribution in [1.29, 1.82) is 0 Å². The number of carboxylic acid groups (broad SMARTS) is 1. The zero-order chi connectivity index (χ0) is 13.8. The number of anilines is 1. The quantitative estimate of drug-likeness (QED) is 0.829. The van der Waals surface area contributed by atoms with Crippen molar-refractivity contribution in [1.82, 2.24) is 19.7 Å². The highest BCUT2D eigenvalue weighted by Gasteiger charge is 2.08. The van der Waals surface area contributed by atoms with E-state index in [1.54, 1.807) is 11.6 Å². The smallest absolute Gasteiger partial charge is 0.354 e. The number of hydrogen-bond donors (Lipinski definition) is 2. The Balaban J connectivity index is 1.97. The summed E-state index contributed by atoms with van der Waals surface area (Å²) in [5.74, 6) is -0.730. The molecule has 0 bridgehead atoms. The van der Waals surface area contributed by atoms with Gasteiger partial charge in [-0.3, -0.25) is 4.68 Å². The molecule has 2 rings (SSSR count). The molecule has 0 aromatic carbocycles. The monoisotopic (exact) mass is 261 g/mol. The van der Waals surface area contributed by atoms with E-state index in [1.165, 1.54) is 6.07 Å². The van der Waals surface area contributed by atoms with Crippen LogP contribution in [-0.4, -0.2) is 37.4 Å². The molecule has 0 aliphatic carbocycles. The van der Waals surface area contributed by atoms with Crippen LogP contribution in [0.4, 0.5) is 5.95 Å². The van der Waals surface area contributed by atoms with E-state index in [1.807, 2.05) is 19.3 Å². The van der Waals surface area contributed by atoms with E-state index >= 15 is 0 Å². The van der Waals surface area contributed by atoms with E-state index in [9.17, 15) is 4.79 Å². The Morgan fingerprint density at radius 1 is 1.47 bits per heavy atom. The van der Waals surface area contributed by atoms with Crippen molar-refractivity contribution >= 4 is 11.9 Å². The van der Waals surface area contributed by atoms with Gasteiger partial charge in [-0.25, -0.2) is 14.8 Å². The molecule has 100 valence electrons. The Labute approximate surface area is 110 Å². The molecule has 19 heavy (non-hydrogen) atoms. The van der Waals surface area contributed by atoms with E-state index in [-0.39, 0.29) is 5.69 Å². The maximum Gasteiger partial charge on any atom is 0.354 e. The van der Waals surface area contributed by atoms with Gasteiger partial charge in [0, 0.05) is 31.9 Å². The summed E-state index contributed by atoms with van der Waals surface area (Å²) in [6.45, 7) is 2.33. The molecule has 0 atom stereocenters. The summed E-state index contributed by atoms with van der Waals surface area (Å²) >= 11 is 0. The van der Waals surface area contributed by atoms with Gasteiger partial charge >= 0.3 is 5.97 Å². The largest absolute Gasteiger partial charge is 0.477 e. The molecule has 0 amide bonds. The zero-order valence-corrected chi connectivity index (χ0v) is 10.8. The average molecular weight is 261 g/mol. The first-order valence-corrected chi connectivity index (χ1v) is 5.86. The second-order valence-corrected chi connectivity index (χ2v) is 4.18. The molecule has 0 saturated carbocycles. The topological polar surface area (TPSA) is 92.9 Å². The first-order chi connectivity index (χ1) is 9.04. The van der Waals surface area contributed by atoms with Gasteiger partial charge in [0.1, 0.15) is 0 Å². The third-order valence-electron chi connectivity index (χ3n) is 2.51. The van der Waals surface area contributed by atoms with E-state index in [0.29, 0.717) is 18.2 Å². The van der Waals surface area contributed by atoms with E-state index in [4.69, 9.17) is 5.11 Å². The van der Waals surface area contributed by atoms with E-state index in [2.05, 4.69) is 20.4 Å². The Morgan fingerprint density at radius 2 is 2.26 bits per heavy atom. The Bertz CT molecular complexity index is 594. The lowest BCUT2D eigenvalue weighted by molar-refractivity contribution is 0.0690. The van der Waals surface area contributed by atoms with Crippen LogP contribution in [-0.2, 0) is 13.5 Å². The van der Waals surface area contributed by atoms with Gasteiger partial charge in [-0.1, -0.05) is 0 Å². The van der Waals surface area contributed by atoms with Crippen molar-refractivity contribution in [2.45, 2.75) is 13.3 Å². The van der Waals surface area contributed by atoms with Crippen molar-refractivity contribution < 1.29 is 9.90 Å². The van der Waals surface area contributed by atoms with Crippen molar-refractivity contribution in [2.24, 2.45) is 7.05 Å². The van der Waals surface area contributed by atoms with E-state index < -0.39 is 5.97 Å². The van der Waals surface area contributed by atoms with Crippen LogP contribution in [0.1, 0.15) is 21.9 Å². The molecule has 0 aliphatic rings. The molecule has 0 aliphatic heterocycles. The lowest BCUT2D eigenvalue weighted by atomic mass is 10.3. The summed E-state index contributed by atoms with van der Waals surface area (Å²) in [6, 6.07) is 3.37. The molecule has 2 aromatic rings. The molecule has 0 radical (unpaired) electrons. The summed E-state index contributed by atoms with van der Waals surface area (Å²) in [4.78, 5) is 18.9. The predicted octanol–water partition coefficient (Wildman–Crippen LogP) is 0.871. The first-order valence-electron chi connectivity index (χ1n) is 5.86. The molecule has 7 nitrogen and oxygen atoms in total. The molecule has 2 aromatic heterocycles. The molecule has 2 N–H and O–H groups in total. The molecular formula is C12H15N5O2. The van der Waals surface area contributed by atoms with Crippen molar-refractivity contribution in [3.63, 3.8) is 0 Å². The van der Waals surface area contributed by atoms with Crippen LogP contribution in [0.5, 0.6) is 0 Å². The van der Waals surface area contributed by atoms with Crippen LogP contribution < -0.4 is 5.32 Å². The summed E-state index contributed by atoms with van der Waals surface area (Å²) in [5.41, 5.74) is 1.57. The van der Waals surface area contributed by atoms with Gasteiger partial charge in [-0.15, -0.1) is 0 Å². The van der Waals surface area contributed by atoms with Gasteiger partial charge in [0.2, 0.25) is 5.95 Å². The Morgan fingerprint density at radius 3 is 2.89 bits per heavy atom. The van der Waals surface area contributed by atoms with Gasteiger partial charge in [0.25, 0.3) is 0 Å². The molecule has 2 heterocycles. The minimum absolute atomic E-state index is 0.00663. The maximum absolute atomic E-state index is 10.9. The van der Waals surface area contributed by atoms with Crippen molar-refractivity contribution in [3.05, 3.63) is 35.4 Å². The van der Waals surface area contributed by atoms with Gasteiger partial charge in [-0.05, 0) is 19.1 Å². The SMILES string of the molecule is Cc1cc(C(=O)O)nc(NCCc2ccn(C)n2)n1. The Hall–Kier alpha value is -2.44. The average Bonchev–Trinajstić information content (AvgIpc) is 2.74. The van der Waals surface area contributed by atoms with Crippen LogP contribution in [0.2, 0.25) is 0 Å². The van der Waals surface area contributed by atoms with Crippen LogP contribution in [0, 0.1) is 6.92 Å². The van der Waals surface area contributed by atoms with Crippen LogP contribution in [0.25, 0.3) is 0 Å². The van der Waals surface area contributed by atoms with Gasteiger partial charge in [0.15, 0.2) is 5.69 Å². The predicted molar refractivity (Wildman–Crippen MR) is 69.1 cm³/mol. The molecule has 7 heteroatoms. The number of aromatic carboxylic acids is 1. The second-order valence-electron chi connectivity index (χ2n) is 4.18. The number of carboxylic acids is 1. The van der Waals surface area contributed by atoms with Gasteiger partial charge in [-0.2, -0.15) is 5.10 Å². The number of aromatic nitrogens is 4. The second kappa shape index (κ2) is 5.47. The fraction of sp³-hybridized carbons (Fsp3) is 0.333. The highest BCUT2D eigenvalue weighted by Crippen LogP contribution is 2.05. The summed E-state index contributed by atoms with van der Waals surface area (Å²) in [6.07, 6.45) is 2.60. The number of carbonyl (C=O) groups is 1. The van der Waals surface area contributed by atoms with E-state index in [0.717, 1.165) is 12.1 Å². The lowest BCUT2D eigenvalue weighted by Crippen LogP contribution is -2.12. The molecule has 0 fully saturated rings. The lowest BCUT2D eigenvalue weighted by Gasteiger charge is -2.05. The van der Waals surface area contributed by atoms with Crippen molar-refractivity contribution in [2.75, 3.05) is 11.9 Å². The van der Waals surface area contributed by atoms with Crippen LogP contribution in [0.3, 0.4) is 0 Å². The third-order valence-corrected chi connectivity index (χ3v) is 2.51. The molecule has 0 spiro atoms. The minimum Gasteiger partial charge on any atom is -0.477 e. The summed E-state index contributed by atoms with van der Waals surface area (Å²) in [5, 5.41) is 16.2. The minimum atomic E-state index is -1.06. The number of rotatable bonds is 5. The normalized spacial score (nSPS) is 10.4. The number of nitrogens with zero attached hydrogens (tertiary/aromatic N) is 4. The fourth-order valence-corrected chi connectivity index (χ4v) is 1.66. The number of hydrogen-bond acceptors (Lipinski definition) is 5. The van der Waals surface area contributed by atoms with Gasteiger partial charge < -0.3 is 10.4 Å². The van der Waals surface area contributed by atoms with Gasteiger partial charge in [0.05, 0.1) is 5.69 Å². The number of aryl methyl sites for hydroxylation is 2. The standard InChI is InChI=1S/C12H15N5O2/c1-8-7-10(11(18)19)15-12(14-8)13-5-3-9-4-6-17(2)16-9/h4,6-7H,3,5H2,1-2H3,(H,18,19)(H,13,14,15). The highest BCUT2D eigenvalue weighted by molar-refractivity contribution is 5.85.